The smallest absolute Gasteiger partial charge is 0.319 e. The summed E-state index contributed by atoms with van der Waals surface area (Å²) in [7, 11) is 0. The van der Waals surface area contributed by atoms with Gasteiger partial charge in [-0.3, -0.25) is 14.8 Å². The molecule has 35 heavy (non-hydrogen) atoms. The summed E-state index contributed by atoms with van der Waals surface area (Å²) >= 11 is 0. The van der Waals surface area contributed by atoms with Gasteiger partial charge in [0.05, 0.1) is 18.3 Å². The molecule has 5 heterocycles. The van der Waals surface area contributed by atoms with E-state index in [1.165, 1.54) is 11.3 Å². The molecule has 0 aliphatic carbocycles. The first-order chi connectivity index (χ1) is 17.1. The van der Waals surface area contributed by atoms with Gasteiger partial charge in [-0.05, 0) is 51.2 Å². The summed E-state index contributed by atoms with van der Waals surface area (Å²) in [6.07, 6.45) is 6.69. The standard InChI is InChI=1S/C26H34N6O3/c1-3-17(2)29-25(33)21-14-23(31-26(30-21)35-16-19-6-5-13-34-19)32-11-8-18(9-12-32)24-20-7-4-10-27-22(20)15-28-24/h4,7,10,14,17-19H,3,5-6,8-9,11-13,15-16H2,1-2H3,(H,29,33)/t17-,19-/m1/s1. The fourth-order valence-corrected chi connectivity index (χ4v) is 4.87. The van der Waals surface area contributed by atoms with E-state index in [0.29, 0.717) is 24.8 Å². The Morgan fingerprint density at radius 2 is 2.14 bits per heavy atom. The van der Waals surface area contributed by atoms with Crippen molar-refractivity contribution in [2.24, 2.45) is 10.9 Å². The summed E-state index contributed by atoms with van der Waals surface area (Å²) in [5, 5.41) is 3.00. The van der Waals surface area contributed by atoms with Crippen LogP contribution in [-0.4, -0.2) is 65.0 Å². The van der Waals surface area contributed by atoms with Crippen molar-refractivity contribution < 1.29 is 14.3 Å². The van der Waals surface area contributed by atoms with Crippen molar-refractivity contribution in [2.45, 2.75) is 64.6 Å². The van der Waals surface area contributed by atoms with E-state index < -0.39 is 0 Å². The second kappa shape index (κ2) is 10.7. The highest BCUT2D eigenvalue weighted by Gasteiger charge is 2.29. The number of fused-ring (bicyclic) bond motifs is 1. The summed E-state index contributed by atoms with van der Waals surface area (Å²) in [5.41, 5.74) is 3.79. The maximum Gasteiger partial charge on any atom is 0.319 e. The number of carbonyl (C=O) groups excluding carboxylic acids is 1. The number of aliphatic imine (C=N–C) groups is 1. The molecule has 5 rings (SSSR count). The Labute approximate surface area is 206 Å². The zero-order valence-corrected chi connectivity index (χ0v) is 20.6. The Morgan fingerprint density at radius 1 is 1.29 bits per heavy atom. The number of pyridine rings is 1. The van der Waals surface area contributed by atoms with Gasteiger partial charge in [0.1, 0.15) is 18.1 Å². The molecule has 3 aliphatic rings. The number of amides is 1. The molecule has 1 N–H and O–H groups in total. The third-order valence-corrected chi connectivity index (χ3v) is 7.11. The monoisotopic (exact) mass is 478 g/mol. The van der Waals surface area contributed by atoms with Crippen molar-refractivity contribution in [1.82, 2.24) is 20.3 Å². The lowest BCUT2D eigenvalue weighted by molar-refractivity contribution is 0.0643. The number of nitrogens with zero attached hydrogens (tertiary/aromatic N) is 5. The highest BCUT2D eigenvalue weighted by Crippen LogP contribution is 2.30. The molecule has 0 unspecified atom stereocenters. The summed E-state index contributed by atoms with van der Waals surface area (Å²) in [6, 6.07) is 6.19. The first kappa shape index (κ1) is 23.7. The second-order valence-electron chi connectivity index (χ2n) is 9.58. The molecule has 2 fully saturated rings. The van der Waals surface area contributed by atoms with Crippen molar-refractivity contribution in [2.75, 3.05) is 31.2 Å². The van der Waals surface area contributed by atoms with Crippen molar-refractivity contribution in [3.8, 4) is 6.01 Å². The third-order valence-electron chi connectivity index (χ3n) is 7.11. The minimum Gasteiger partial charge on any atom is -0.461 e. The van der Waals surface area contributed by atoms with Crippen LogP contribution in [0.5, 0.6) is 6.01 Å². The van der Waals surface area contributed by atoms with Gasteiger partial charge in [-0.15, -0.1) is 0 Å². The largest absolute Gasteiger partial charge is 0.461 e. The maximum atomic E-state index is 12.9. The molecule has 2 aromatic heterocycles. The predicted octanol–water partition coefficient (Wildman–Crippen LogP) is 3.18. The van der Waals surface area contributed by atoms with Crippen LogP contribution in [0.25, 0.3) is 0 Å². The van der Waals surface area contributed by atoms with Gasteiger partial charge in [0, 0.05) is 55.2 Å². The lowest BCUT2D eigenvalue weighted by Crippen LogP contribution is -2.37. The van der Waals surface area contributed by atoms with Gasteiger partial charge in [0.15, 0.2) is 0 Å². The maximum absolute atomic E-state index is 12.9. The summed E-state index contributed by atoms with van der Waals surface area (Å²) < 4.78 is 11.6. The molecule has 9 heteroatoms. The first-order valence-corrected chi connectivity index (χ1v) is 12.8. The molecule has 2 atom stereocenters. The normalized spacial score (nSPS) is 20.9. The van der Waals surface area contributed by atoms with Crippen LogP contribution in [0.1, 0.15) is 67.7 Å². The van der Waals surface area contributed by atoms with Crippen LogP contribution in [0, 0.1) is 5.92 Å². The number of anilines is 1. The number of rotatable bonds is 8. The van der Waals surface area contributed by atoms with E-state index >= 15 is 0 Å². The van der Waals surface area contributed by atoms with Gasteiger partial charge in [-0.25, -0.2) is 0 Å². The van der Waals surface area contributed by atoms with E-state index in [-0.39, 0.29) is 24.1 Å². The van der Waals surface area contributed by atoms with E-state index in [4.69, 9.17) is 14.5 Å². The molecule has 2 saturated heterocycles. The average Bonchev–Trinajstić information content (AvgIpc) is 3.57. The second-order valence-corrected chi connectivity index (χ2v) is 9.58. The minimum atomic E-state index is -0.204. The van der Waals surface area contributed by atoms with E-state index in [1.54, 1.807) is 6.07 Å². The first-order valence-electron chi connectivity index (χ1n) is 12.8. The molecule has 9 nitrogen and oxygen atoms in total. The Morgan fingerprint density at radius 3 is 2.91 bits per heavy atom. The number of aromatic nitrogens is 3. The number of carbonyl (C=O) groups is 1. The molecular formula is C26H34N6O3. The predicted molar refractivity (Wildman–Crippen MR) is 133 cm³/mol. The quantitative estimate of drug-likeness (QED) is 0.622. The van der Waals surface area contributed by atoms with Crippen LogP contribution in [0.15, 0.2) is 29.4 Å². The van der Waals surface area contributed by atoms with Gasteiger partial charge in [0.2, 0.25) is 0 Å². The molecule has 1 amide bonds. The fraction of sp³-hybridized carbons (Fsp3) is 0.577. The number of ether oxygens (including phenoxy) is 2. The van der Waals surface area contributed by atoms with Gasteiger partial charge >= 0.3 is 6.01 Å². The van der Waals surface area contributed by atoms with Crippen molar-refractivity contribution >= 4 is 17.4 Å². The molecule has 0 bridgehead atoms. The molecule has 0 aromatic carbocycles. The Bertz CT molecular complexity index is 1080. The zero-order valence-electron chi connectivity index (χ0n) is 20.6. The van der Waals surface area contributed by atoms with E-state index in [9.17, 15) is 4.79 Å². The number of hydrogen-bond donors (Lipinski definition) is 1. The SMILES string of the molecule is CC[C@@H](C)NC(=O)c1cc(N2CCC(C3=NCc4ncccc43)CC2)nc(OC[C@H]2CCCO2)n1. The molecule has 0 spiro atoms. The zero-order chi connectivity index (χ0) is 24.2. The number of hydrogen-bond acceptors (Lipinski definition) is 8. The summed E-state index contributed by atoms with van der Waals surface area (Å²) in [4.78, 5) is 33.5. The van der Waals surface area contributed by atoms with Gasteiger partial charge in [-0.1, -0.05) is 6.92 Å². The van der Waals surface area contributed by atoms with Crippen LogP contribution >= 0.6 is 0 Å². The molecule has 2 aromatic rings. The topological polar surface area (TPSA) is 102 Å². The number of nitrogens with one attached hydrogen (secondary N) is 1. The summed E-state index contributed by atoms with van der Waals surface area (Å²) in [5.74, 6) is 0.928. The molecule has 186 valence electrons. The van der Waals surface area contributed by atoms with Crippen LogP contribution in [0.4, 0.5) is 5.82 Å². The molecule has 0 saturated carbocycles. The van der Waals surface area contributed by atoms with Crippen LogP contribution in [0.3, 0.4) is 0 Å². The van der Waals surface area contributed by atoms with Crippen molar-refractivity contribution in [3.05, 3.63) is 41.3 Å². The average molecular weight is 479 g/mol. The van der Waals surface area contributed by atoms with Crippen molar-refractivity contribution in [1.29, 1.82) is 0 Å². The fourth-order valence-electron chi connectivity index (χ4n) is 4.87. The van der Waals surface area contributed by atoms with E-state index in [1.807, 2.05) is 26.1 Å². The van der Waals surface area contributed by atoms with Gasteiger partial charge in [0.25, 0.3) is 5.91 Å². The lowest BCUT2D eigenvalue weighted by atomic mass is 9.88. The summed E-state index contributed by atoms with van der Waals surface area (Å²) in [6.45, 7) is 7.52. The molecule has 3 aliphatic heterocycles. The Hall–Kier alpha value is -3.07. The van der Waals surface area contributed by atoms with Gasteiger partial charge < -0.3 is 19.7 Å². The highest BCUT2D eigenvalue weighted by molar-refractivity contribution is 6.04. The van der Waals surface area contributed by atoms with Crippen LogP contribution in [0.2, 0.25) is 0 Å². The van der Waals surface area contributed by atoms with Crippen molar-refractivity contribution in [3.63, 3.8) is 0 Å². The van der Waals surface area contributed by atoms with E-state index in [2.05, 4.69) is 31.2 Å². The molecular weight excluding hydrogens is 444 g/mol. The third kappa shape index (κ3) is 5.45. The van der Waals surface area contributed by atoms with E-state index in [0.717, 1.165) is 63.3 Å². The Balaban J connectivity index is 1.30. The highest BCUT2D eigenvalue weighted by atomic mass is 16.5. The lowest BCUT2D eigenvalue weighted by Gasteiger charge is -2.33. The van der Waals surface area contributed by atoms with Crippen LogP contribution in [-0.2, 0) is 11.3 Å². The van der Waals surface area contributed by atoms with Gasteiger partial charge in [-0.2, -0.15) is 9.97 Å². The number of piperidine rings is 1. The Kier molecular flexibility index (Phi) is 7.22. The molecule has 0 radical (unpaired) electrons. The minimum absolute atomic E-state index is 0.0555. The van der Waals surface area contributed by atoms with Crippen LogP contribution < -0.4 is 15.0 Å².